The molecule has 10 heteroatoms. The van der Waals surface area contributed by atoms with E-state index in [0.29, 0.717) is 11.3 Å². The van der Waals surface area contributed by atoms with Gasteiger partial charge in [-0.2, -0.15) is 0 Å². The summed E-state index contributed by atoms with van der Waals surface area (Å²) in [6.07, 6.45) is -4.97. The van der Waals surface area contributed by atoms with Gasteiger partial charge in [-0.15, -0.1) is 13.2 Å². The highest BCUT2D eigenvalue weighted by molar-refractivity contribution is 6.51. The summed E-state index contributed by atoms with van der Waals surface area (Å²) in [4.78, 5) is 27.7. The second-order valence-corrected chi connectivity index (χ2v) is 9.97. The number of Topliss-reactive ketones (excluding diaryl/α,β-unsaturated/α-hetero) is 1. The zero-order valence-electron chi connectivity index (χ0n) is 21.5. The van der Waals surface area contributed by atoms with E-state index in [0.717, 1.165) is 22.6 Å². The van der Waals surface area contributed by atoms with Gasteiger partial charge < -0.3 is 19.7 Å². The van der Waals surface area contributed by atoms with Crippen LogP contribution in [0, 0.1) is 0 Å². The van der Waals surface area contributed by atoms with Gasteiger partial charge in [-0.3, -0.25) is 14.5 Å². The molecule has 0 saturated carbocycles. The number of phenols is 1. The summed E-state index contributed by atoms with van der Waals surface area (Å²) in [5.41, 5.74) is 0.598. The first-order chi connectivity index (χ1) is 18.2. The first-order valence-electron chi connectivity index (χ1n) is 11.9. The van der Waals surface area contributed by atoms with Gasteiger partial charge in [-0.1, -0.05) is 39.0 Å². The molecule has 0 spiro atoms. The zero-order chi connectivity index (χ0) is 28.7. The van der Waals surface area contributed by atoms with Gasteiger partial charge in [0.1, 0.15) is 23.0 Å². The Balaban J connectivity index is 1.93. The molecule has 3 aromatic rings. The van der Waals surface area contributed by atoms with Crippen LogP contribution in [-0.2, 0) is 15.0 Å². The number of aromatic hydroxyl groups is 1. The Morgan fingerprint density at radius 1 is 0.949 bits per heavy atom. The minimum Gasteiger partial charge on any atom is -0.508 e. The molecule has 1 atom stereocenters. The maximum atomic E-state index is 13.4. The molecule has 1 saturated heterocycles. The summed E-state index contributed by atoms with van der Waals surface area (Å²) in [5, 5.41) is 21.2. The molecule has 2 N–H and O–H groups in total. The topological polar surface area (TPSA) is 96.3 Å². The number of amides is 1. The summed E-state index contributed by atoms with van der Waals surface area (Å²) in [5.74, 6) is -2.65. The molecule has 1 fully saturated rings. The number of carbonyl (C=O) groups is 2. The van der Waals surface area contributed by atoms with Crippen LogP contribution in [-0.4, -0.2) is 35.4 Å². The molecule has 3 aromatic carbocycles. The first-order valence-corrected chi connectivity index (χ1v) is 11.9. The summed E-state index contributed by atoms with van der Waals surface area (Å²) < 4.78 is 48.0. The van der Waals surface area contributed by atoms with Crippen molar-refractivity contribution in [1.29, 1.82) is 0 Å². The van der Waals surface area contributed by atoms with E-state index < -0.39 is 41.0 Å². The number of halogens is 3. The molecule has 204 valence electrons. The van der Waals surface area contributed by atoms with Crippen molar-refractivity contribution < 1.29 is 42.4 Å². The lowest BCUT2D eigenvalue weighted by atomic mass is 9.84. The number of benzene rings is 3. The molecule has 1 aliphatic rings. The third-order valence-electron chi connectivity index (χ3n) is 6.26. The SMILES string of the molecule is COc1ccc(/C(O)=C2/C(=O)C(=O)N(c3cccc(OC(F)(F)F)c3)C2c2ccc(O)cc2)cc1C(C)(C)C. The van der Waals surface area contributed by atoms with Gasteiger partial charge in [0.15, 0.2) is 0 Å². The van der Waals surface area contributed by atoms with Crippen LogP contribution >= 0.6 is 0 Å². The number of phenolic OH excluding ortho intramolecular Hbond substituents is 1. The molecule has 0 radical (unpaired) electrons. The smallest absolute Gasteiger partial charge is 0.508 e. The quantitative estimate of drug-likeness (QED) is 0.226. The van der Waals surface area contributed by atoms with Crippen molar-refractivity contribution in [3.8, 4) is 17.2 Å². The number of methoxy groups -OCH3 is 1. The molecule has 1 heterocycles. The van der Waals surface area contributed by atoms with Crippen molar-refractivity contribution in [3.63, 3.8) is 0 Å². The Labute approximate surface area is 222 Å². The molecule has 7 nitrogen and oxygen atoms in total. The Bertz CT molecular complexity index is 1460. The van der Waals surface area contributed by atoms with Crippen LogP contribution in [0.3, 0.4) is 0 Å². The van der Waals surface area contributed by atoms with Crippen LogP contribution in [0.2, 0.25) is 0 Å². The van der Waals surface area contributed by atoms with Gasteiger partial charge in [0.2, 0.25) is 0 Å². The van der Waals surface area contributed by atoms with E-state index in [2.05, 4.69) is 4.74 Å². The Kier molecular flexibility index (Phi) is 7.08. The molecule has 1 unspecified atom stereocenters. The van der Waals surface area contributed by atoms with Crippen molar-refractivity contribution >= 4 is 23.1 Å². The van der Waals surface area contributed by atoms with E-state index in [4.69, 9.17) is 4.74 Å². The Morgan fingerprint density at radius 3 is 2.21 bits per heavy atom. The van der Waals surface area contributed by atoms with Gasteiger partial charge in [0.25, 0.3) is 11.7 Å². The number of aliphatic hydroxyl groups is 1. The molecule has 1 amide bonds. The fourth-order valence-corrected chi connectivity index (χ4v) is 4.50. The maximum absolute atomic E-state index is 13.4. The molecule has 0 bridgehead atoms. The molecular weight excluding hydrogens is 515 g/mol. The van der Waals surface area contributed by atoms with Crippen molar-refractivity contribution in [2.45, 2.75) is 38.6 Å². The number of aliphatic hydroxyl groups excluding tert-OH is 1. The number of ether oxygens (including phenoxy) is 2. The second-order valence-electron chi connectivity index (χ2n) is 9.97. The van der Waals surface area contributed by atoms with Gasteiger partial charge in [0.05, 0.1) is 18.7 Å². The van der Waals surface area contributed by atoms with Crippen LogP contribution in [0.15, 0.2) is 72.3 Å². The van der Waals surface area contributed by atoms with Gasteiger partial charge in [-0.25, -0.2) is 0 Å². The number of alkyl halides is 3. The number of ketones is 1. The normalized spacial score (nSPS) is 17.4. The van der Waals surface area contributed by atoms with Gasteiger partial charge in [-0.05, 0) is 53.4 Å². The minimum atomic E-state index is -4.97. The number of rotatable bonds is 5. The summed E-state index contributed by atoms with van der Waals surface area (Å²) in [6.45, 7) is 5.83. The summed E-state index contributed by atoms with van der Waals surface area (Å²) in [7, 11) is 1.51. The lowest BCUT2D eigenvalue weighted by Gasteiger charge is -2.26. The Hall–Kier alpha value is -4.47. The van der Waals surface area contributed by atoms with Crippen molar-refractivity contribution in [2.24, 2.45) is 0 Å². The van der Waals surface area contributed by atoms with E-state index in [1.165, 1.54) is 43.5 Å². The second kappa shape index (κ2) is 10.0. The fourth-order valence-electron chi connectivity index (χ4n) is 4.50. The molecule has 39 heavy (non-hydrogen) atoms. The maximum Gasteiger partial charge on any atom is 0.573 e. The zero-order valence-corrected chi connectivity index (χ0v) is 21.5. The van der Waals surface area contributed by atoms with Gasteiger partial charge in [0, 0.05) is 22.9 Å². The van der Waals surface area contributed by atoms with Crippen LogP contribution in [0.25, 0.3) is 5.76 Å². The van der Waals surface area contributed by atoms with Crippen molar-refractivity contribution in [3.05, 3.63) is 89.0 Å². The molecule has 4 rings (SSSR count). The number of carbonyl (C=O) groups excluding carboxylic acids is 2. The predicted molar refractivity (Wildman–Crippen MR) is 138 cm³/mol. The summed E-state index contributed by atoms with van der Waals surface area (Å²) in [6, 6.07) is 13.9. The third kappa shape index (κ3) is 5.55. The number of hydrogen-bond acceptors (Lipinski definition) is 6. The van der Waals surface area contributed by atoms with Crippen molar-refractivity contribution in [2.75, 3.05) is 12.0 Å². The van der Waals surface area contributed by atoms with Crippen LogP contribution in [0.4, 0.5) is 18.9 Å². The first kappa shape index (κ1) is 27.6. The third-order valence-corrected chi connectivity index (χ3v) is 6.26. The van der Waals surface area contributed by atoms with E-state index in [-0.39, 0.29) is 22.6 Å². The molecular formula is C29H26F3NO6. The lowest BCUT2D eigenvalue weighted by molar-refractivity contribution is -0.274. The molecule has 0 aliphatic carbocycles. The fraction of sp³-hybridized carbons (Fsp3) is 0.241. The van der Waals surface area contributed by atoms with E-state index in [9.17, 15) is 33.0 Å². The lowest BCUT2D eigenvalue weighted by Crippen LogP contribution is -2.29. The van der Waals surface area contributed by atoms with E-state index in [1.807, 2.05) is 20.8 Å². The molecule has 1 aliphatic heterocycles. The Morgan fingerprint density at radius 2 is 1.62 bits per heavy atom. The molecule has 0 aromatic heterocycles. The van der Waals surface area contributed by atoms with Crippen LogP contribution < -0.4 is 14.4 Å². The standard InChI is InChI=1S/C29H26F3NO6/c1-28(2,3)21-14-17(10-13-22(21)38-4)25(35)23-24(16-8-11-19(34)12-9-16)33(27(37)26(23)36)18-6-5-7-20(15-18)39-29(30,31)32/h5-15,24,34-35H,1-4H3/b25-23-. The largest absolute Gasteiger partial charge is 0.573 e. The van der Waals surface area contributed by atoms with Gasteiger partial charge >= 0.3 is 6.36 Å². The average molecular weight is 542 g/mol. The van der Waals surface area contributed by atoms with E-state index >= 15 is 0 Å². The number of anilines is 1. The predicted octanol–water partition coefficient (Wildman–Crippen LogP) is 6.22. The van der Waals surface area contributed by atoms with Crippen LogP contribution in [0.1, 0.15) is 43.5 Å². The monoisotopic (exact) mass is 541 g/mol. The highest BCUT2D eigenvalue weighted by atomic mass is 19.4. The summed E-state index contributed by atoms with van der Waals surface area (Å²) >= 11 is 0. The van der Waals surface area contributed by atoms with E-state index in [1.54, 1.807) is 18.2 Å². The van der Waals surface area contributed by atoms with Crippen molar-refractivity contribution in [1.82, 2.24) is 0 Å². The van der Waals surface area contributed by atoms with Crippen LogP contribution in [0.5, 0.6) is 17.2 Å². The number of nitrogens with zero attached hydrogens (tertiary/aromatic N) is 1. The average Bonchev–Trinajstić information content (AvgIpc) is 3.12. The highest BCUT2D eigenvalue weighted by Crippen LogP contribution is 2.44. The highest BCUT2D eigenvalue weighted by Gasteiger charge is 2.47. The number of hydrogen-bond donors (Lipinski definition) is 2. The minimum absolute atomic E-state index is 0.0545.